The summed E-state index contributed by atoms with van der Waals surface area (Å²) in [5.41, 5.74) is 0.755. The first-order valence-corrected chi connectivity index (χ1v) is 11.8. The van der Waals surface area contributed by atoms with Crippen LogP contribution in [0.25, 0.3) is 0 Å². The Labute approximate surface area is 152 Å². The maximum absolute atomic E-state index is 13.5. The maximum Gasteiger partial charge on any atom is 0.220 e. The lowest BCUT2D eigenvalue weighted by molar-refractivity contribution is 0.0547. The number of allylic oxidation sites excluding steroid dienone is 1. The molecule has 0 fully saturated rings. The van der Waals surface area contributed by atoms with Gasteiger partial charge in [-0.25, -0.2) is 0 Å². The second-order valence-electron chi connectivity index (χ2n) is 6.83. The Kier molecular flexibility index (Phi) is 6.14. The van der Waals surface area contributed by atoms with Gasteiger partial charge in [-0.05, 0) is 44.1 Å². The van der Waals surface area contributed by atoms with Crippen molar-refractivity contribution in [2.45, 2.75) is 45.9 Å². The number of rotatable bonds is 7. The fraction of sp³-hybridized carbons (Fsp3) is 0.318. The van der Waals surface area contributed by atoms with Gasteiger partial charge in [0.05, 0.1) is 0 Å². The van der Waals surface area contributed by atoms with Crippen LogP contribution in [0.2, 0.25) is 13.1 Å². The van der Waals surface area contributed by atoms with Crippen molar-refractivity contribution < 1.29 is 9.22 Å². The van der Waals surface area contributed by atoms with Gasteiger partial charge in [-0.2, -0.15) is 0 Å². The molecule has 0 aliphatic heterocycles. The number of carbonyl (C=O) groups is 1. The first-order chi connectivity index (χ1) is 11.9. The van der Waals surface area contributed by atoms with Gasteiger partial charge < -0.3 is 4.43 Å². The summed E-state index contributed by atoms with van der Waals surface area (Å²) in [7, 11) is -2.27. The number of hydrogen-bond acceptors (Lipinski definition) is 2. The molecule has 3 heteroatoms. The van der Waals surface area contributed by atoms with Gasteiger partial charge in [-0.1, -0.05) is 73.7 Å². The number of Topliss-reactive ketones (excluding diaryl/α,β-unsaturated/α-hetero) is 1. The molecular weight excluding hydrogens is 324 g/mol. The van der Waals surface area contributed by atoms with E-state index in [1.165, 1.54) is 5.19 Å². The molecule has 2 aromatic carbocycles. The lowest BCUT2D eigenvalue weighted by Gasteiger charge is -2.40. The van der Waals surface area contributed by atoms with Crippen LogP contribution < -0.4 is 5.19 Å². The van der Waals surface area contributed by atoms with Gasteiger partial charge in [0, 0.05) is 5.56 Å². The molecule has 2 aromatic rings. The van der Waals surface area contributed by atoms with E-state index in [0.717, 1.165) is 5.57 Å². The van der Waals surface area contributed by atoms with Crippen molar-refractivity contribution in [2.75, 3.05) is 0 Å². The van der Waals surface area contributed by atoms with Gasteiger partial charge in [0.2, 0.25) is 8.32 Å². The number of benzene rings is 2. The lowest BCUT2D eigenvalue weighted by Crippen LogP contribution is -2.56. The third kappa shape index (κ3) is 3.99. The summed E-state index contributed by atoms with van der Waals surface area (Å²) >= 11 is 0. The summed E-state index contributed by atoms with van der Waals surface area (Å²) in [5, 5.41) is 1.19. The van der Waals surface area contributed by atoms with E-state index in [-0.39, 0.29) is 5.78 Å². The van der Waals surface area contributed by atoms with E-state index < -0.39 is 13.9 Å². The van der Waals surface area contributed by atoms with Crippen LogP contribution in [0.1, 0.15) is 37.6 Å². The highest BCUT2D eigenvalue weighted by molar-refractivity contribution is 6.84. The SMILES string of the molecule is C/C=C(\C)[C@](CC)(O[Si](C)(C)c1ccccc1)C(=O)c1ccccc1. The molecule has 0 aliphatic carbocycles. The highest BCUT2D eigenvalue weighted by Gasteiger charge is 2.45. The van der Waals surface area contributed by atoms with Crippen LogP contribution in [0.5, 0.6) is 0 Å². The Bertz CT molecular complexity index is 735. The van der Waals surface area contributed by atoms with Crippen LogP contribution in [-0.4, -0.2) is 19.7 Å². The number of hydrogen-bond donors (Lipinski definition) is 0. The summed E-state index contributed by atoms with van der Waals surface area (Å²) in [5.74, 6) is 0.0442. The van der Waals surface area contributed by atoms with E-state index in [1.54, 1.807) is 0 Å². The van der Waals surface area contributed by atoms with E-state index in [0.29, 0.717) is 12.0 Å². The van der Waals surface area contributed by atoms with Crippen molar-refractivity contribution in [1.29, 1.82) is 0 Å². The average Bonchev–Trinajstić information content (AvgIpc) is 2.66. The zero-order valence-corrected chi connectivity index (χ0v) is 16.9. The lowest BCUT2D eigenvalue weighted by atomic mass is 9.84. The van der Waals surface area contributed by atoms with Crippen LogP contribution >= 0.6 is 0 Å². The molecule has 2 nitrogen and oxygen atoms in total. The first kappa shape index (κ1) is 19.4. The molecule has 0 amide bonds. The van der Waals surface area contributed by atoms with Gasteiger partial charge in [0.1, 0.15) is 5.60 Å². The standard InChI is InChI=1S/C22H28O2Si/c1-6-18(3)22(7-2,21(23)19-14-10-8-11-15-19)24-25(4,5)20-16-12-9-13-17-20/h6,8-17H,7H2,1-5H3/b18-6+/t22-/m0/s1. The van der Waals surface area contributed by atoms with Crippen molar-refractivity contribution in [3.05, 3.63) is 77.9 Å². The second kappa shape index (κ2) is 7.94. The molecule has 0 radical (unpaired) electrons. The van der Waals surface area contributed by atoms with Crippen molar-refractivity contribution in [3.63, 3.8) is 0 Å². The molecular formula is C22H28O2Si. The van der Waals surface area contributed by atoms with Crippen LogP contribution in [0.15, 0.2) is 72.3 Å². The molecule has 0 spiro atoms. The van der Waals surface area contributed by atoms with Crippen LogP contribution in [0, 0.1) is 0 Å². The van der Waals surface area contributed by atoms with Crippen molar-refractivity contribution in [1.82, 2.24) is 0 Å². The fourth-order valence-corrected chi connectivity index (χ4v) is 5.59. The summed E-state index contributed by atoms with van der Waals surface area (Å²) in [4.78, 5) is 13.5. The molecule has 0 unspecified atom stereocenters. The minimum atomic E-state index is -2.27. The van der Waals surface area contributed by atoms with Gasteiger partial charge in [0.25, 0.3) is 0 Å². The Balaban J connectivity index is 2.51. The highest BCUT2D eigenvalue weighted by Crippen LogP contribution is 2.33. The van der Waals surface area contributed by atoms with Crippen molar-refractivity contribution in [3.8, 4) is 0 Å². The summed E-state index contributed by atoms with van der Waals surface area (Å²) < 4.78 is 6.75. The zero-order chi connectivity index (χ0) is 18.5. The van der Waals surface area contributed by atoms with E-state index in [2.05, 4.69) is 25.2 Å². The second-order valence-corrected chi connectivity index (χ2v) is 10.6. The molecule has 132 valence electrons. The van der Waals surface area contributed by atoms with E-state index in [9.17, 15) is 4.79 Å². The Hall–Kier alpha value is -1.97. The Morgan fingerprint density at radius 2 is 1.56 bits per heavy atom. The summed E-state index contributed by atoms with van der Waals surface area (Å²) in [6, 6.07) is 19.7. The normalized spacial score (nSPS) is 14.8. The maximum atomic E-state index is 13.5. The minimum absolute atomic E-state index is 0.0442. The van der Waals surface area contributed by atoms with Gasteiger partial charge in [-0.15, -0.1) is 0 Å². The summed E-state index contributed by atoms with van der Waals surface area (Å²) in [6.07, 6.45) is 2.61. The molecule has 0 saturated heterocycles. The van der Waals surface area contributed by atoms with Crippen LogP contribution in [-0.2, 0) is 4.43 Å². The number of carbonyl (C=O) groups excluding carboxylic acids is 1. The quantitative estimate of drug-likeness (QED) is 0.393. The van der Waals surface area contributed by atoms with Crippen LogP contribution in [0.3, 0.4) is 0 Å². The van der Waals surface area contributed by atoms with Crippen molar-refractivity contribution >= 4 is 19.3 Å². The molecule has 2 rings (SSSR count). The topological polar surface area (TPSA) is 26.3 Å². The Morgan fingerprint density at radius 3 is 2.04 bits per heavy atom. The molecule has 1 atom stereocenters. The van der Waals surface area contributed by atoms with E-state index in [4.69, 9.17) is 4.43 Å². The minimum Gasteiger partial charge on any atom is -0.397 e. The molecule has 0 aromatic heterocycles. The average molecular weight is 353 g/mol. The predicted molar refractivity (Wildman–Crippen MR) is 108 cm³/mol. The molecule has 0 aliphatic rings. The molecule has 25 heavy (non-hydrogen) atoms. The van der Waals surface area contributed by atoms with E-state index >= 15 is 0 Å². The summed E-state index contributed by atoms with van der Waals surface area (Å²) in [6.45, 7) is 10.3. The largest absolute Gasteiger partial charge is 0.397 e. The molecule has 0 heterocycles. The molecule has 0 saturated carbocycles. The third-order valence-electron chi connectivity index (χ3n) is 4.87. The van der Waals surface area contributed by atoms with Crippen molar-refractivity contribution in [2.24, 2.45) is 0 Å². The van der Waals surface area contributed by atoms with Gasteiger partial charge in [0.15, 0.2) is 5.78 Å². The smallest absolute Gasteiger partial charge is 0.220 e. The number of ketones is 1. The highest BCUT2D eigenvalue weighted by atomic mass is 28.4. The van der Waals surface area contributed by atoms with Gasteiger partial charge >= 0.3 is 0 Å². The van der Waals surface area contributed by atoms with E-state index in [1.807, 2.05) is 75.4 Å². The zero-order valence-electron chi connectivity index (χ0n) is 15.9. The molecule has 0 N–H and O–H groups in total. The monoisotopic (exact) mass is 352 g/mol. The fourth-order valence-electron chi connectivity index (χ4n) is 3.21. The van der Waals surface area contributed by atoms with Crippen LogP contribution in [0.4, 0.5) is 0 Å². The molecule has 0 bridgehead atoms. The third-order valence-corrected chi connectivity index (χ3v) is 7.45. The first-order valence-electron chi connectivity index (χ1n) is 8.86. The Morgan fingerprint density at radius 1 is 1.04 bits per heavy atom. The predicted octanol–water partition coefficient (Wildman–Crippen LogP) is 5.11. The van der Waals surface area contributed by atoms with Gasteiger partial charge in [-0.3, -0.25) is 4.79 Å².